The van der Waals surface area contributed by atoms with Crippen LogP contribution < -0.4 is 14.8 Å². The van der Waals surface area contributed by atoms with Gasteiger partial charge in [-0.15, -0.1) is 0 Å². The van der Waals surface area contributed by atoms with Gasteiger partial charge in [-0.05, 0) is 36.8 Å². The average Bonchev–Trinajstić information content (AvgIpc) is 2.67. The predicted molar refractivity (Wildman–Crippen MR) is 103 cm³/mol. The molecule has 27 heavy (non-hydrogen) atoms. The summed E-state index contributed by atoms with van der Waals surface area (Å²) in [6.07, 6.45) is 0. The third kappa shape index (κ3) is 5.30. The number of carboxylic acid groups (broad SMARTS) is 1. The monoisotopic (exact) mass is 391 g/mol. The lowest BCUT2D eigenvalue weighted by Crippen LogP contribution is -2.29. The smallest absolute Gasteiger partial charge is 0.335 e. The maximum atomic E-state index is 12.5. The van der Waals surface area contributed by atoms with Crippen LogP contribution in [-0.4, -0.2) is 40.7 Å². The van der Waals surface area contributed by atoms with Gasteiger partial charge < -0.3 is 19.9 Å². The predicted octanol–water partition coefficient (Wildman–Crippen LogP) is 2.68. The summed E-state index contributed by atoms with van der Waals surface area (Å²) in [5, 5.41) is 10.9. The first kappa shape index (κ1) is 20.4. The van der Waals surface area contributed by atoms with Gasteiger partial charge in [-0.3, -0.25) is 9.00 Å². The molecule has 144 valence electrons. The van der Waals surface area contributed by atoms with Crippen LogP contribution in [-0.2, 0) is 21.3 Å². The van der Waals surface area contributed by atoms with Gasteiger partial charge in [0.2, 0.25) is 5.91 Å². The molecule has 2 aromatic carbocycles. The summed E-state index contributed by atoms with van der Waals surface area (Å²) in [5.41, 5.74) is 1.21. The quantitative estimate of drug-likeness (QED) is 0.717. The van der Waals surface area contributed by atoms with Gasteiger partial charge in [0.15, 0.2) is 11.5 Å². The highest BCUT2D eigenvalue weighted by molar-refractivity contribution is 7.85. The molecule has 2 N–H and O–H groups in total. The zero-order valence-electron chi connectivity index (χ0n) is 15.2. The summed E-state index contributed by atoms with van der Waals surface area (Å²) < 4.78 is 22.8. The van der Waals surface area contributed by atoms with Gasteiger partial charge in [-0.25, -0.2) is 4.79 Å². The number of hydrogen-bond acceptors (Lipinski definition) is 5. The van der Waals surface area contributed by atoms with Crippen molar-refractivity contribution in [1.29, 1.82) is 0 Å². The minimum Gasteiger partial charge on any atom is -0.493 e. The zero-order chi connectivity index (χ0) is 20.0. The third-order valence-corrected chi connectivity index (χ3v) is 5.52. The van der Waals surface area contributed by atoms with E-state index in [1.807, 2.05) is 0 Å². The SMILES string of the molecule is COc1ccc(NC(=O)C(C)S(=O)Cc2cccc(C(=O)O)c2)cc1OC. The van der Waals surface area contributed by atoms with Crippen molar-refractivity contribution in [3.63, 3.8) is 0 Å². The van der Waals surface area contributed by atoms with Crippen LogP contribution >= 0.6 is 0 Å². The van der Waals surface area contributed by atoms with E-state index in [0.29, 0.717) is 22.7 Å². The number of carboxylic acids is 1. The highest BCUT2D eigenvalue weighted by Crippen LogP contribution is 2.29. The van der Waals surface area contributed by atoms with Crippen LogP contribution in [0.2, 0.25) is 0 Å². The molecule has 0 heterocycles. The molecule has 7 nitrogen and oxygen atoms in total. The van der Waals surface area contributed by atoms with Crippen molar-refractivity contribution in [2.45, 2.75) is 17.9 Å². The van der Waals surface area contributed by atoms with Crippen LogP contribution in [0.5, 0.6) is 11.5 Å². The standard InChI is InChI=1S/C19H21NO6S/c1-12(27(24)11-13-5-4-6-14(9-13)19(22)23)18(21)20-15-7-8-16(25-2)17(10-15)26-3/h4-10,12H,11H2,1-3H3,(H,20,21)(H,22,23). The molecule has 0 spiro atoms. The van der Waals surface area contributed by atoms with E-state index in [4.69, 9.17) is 14.6 Å². The van der Waals surface area contributed by atoms with Gasteiger partial charge in [0.25, 0.3) is 0 Å². The molecule has 0 radical (unpaired) electrons. The van der Waals surface area contributed by atoms with E-state index < -0.39 is 27.9 Å². The first-order chi connectivity index (χ1) is 12.8. The van der Waals surface area contributed by atoms with Crippen molar-refractivity contribution in [2.75, 3.05) is 19.5 Å². The minimum atomic E-state index is -1.52. The third-order valence-electron chi connectivity index (χ3n) is 3.90. The summed E-state index contributed by atoms with van der Waals surface area (Å²) in [5.74, 6) is -0.376. The first-order valence-corrected chi connectivity index (χ1v) is 9.46. The van der Waals surface area contributed by atoms with Crippen molar-refractivity contribution in [3.05, 3.63) is 53.6 Å². The van der Waals surface area contributed by atoms with Gasteiger partial charge in [-0.2, -0.15) is 0 Å². The molecule has 2 aromatic rings. The van der Waals surface area contributed by atoms with E-state index in [1.165, 1.54) is 26.4 Å². The Labute approximate surface area is 159 Å². The van der Waals surface area contributed by atoms with Crippen molar-refractivity contribution in [1.82, 2.24) is 0 Å². The number of nitrogens with one attached hydrogen (secondary N) is 1. The van der Waals surface area contributed by atoms with Crippen molar-refractivity contribution in [2.24, 2.45) is 0 Å². The lowest BCUT2D eigenvalue weighted by atomic mass is 10.1. The number of carbonyl (C=O) groups is 2. The Bertz CT molecular complexity index is 867. The highest BCUT2D eigenvalue weighted by Gasteiger charge is 2.21. The maximum Gasteiger partial charge on any atom is 0.335 e. The van der Waals surface area contributed by atoms with Crippen LogP contribution in [0, 0.1) is 0 Å². The number of carbonyl (C=O) groups excluding carboxylic acids is 1. The van der Waals surface area contributed by atoms with Gasteiger partial charge in [0.05, 0.1) is 19.8 Å². The molecular weight excluding hydrogens is 370 g/mol. The van der Waals surface area contributed by atoms with E-state index >= 15 is 0 Å². The molecule has 0 saturated carbocycles. The number of methoxy groups -OCH3 is 2. The van der Waals surface area contributed by atoms with Gasteiger partial charge in [-0.1, -0.05) is 12.1 Å². The molecule has 0 aromatic heterocycles. The number of ether oxygens (including phenoxy) is 2. The average molecular weight is 391 g/mol. The van der Waals surface area contributed by atoms with Crippen LogP contribution in [0.3, 0.4) is 0 Å². The number of anilines is 1. The second-order valence-corrected chi connectivity index (χ2v) is 7.49. The molecule has 0 bridgehead atoms. The van der Waals surface area contributed by atoms with E-state index in [0.717, 1.165) is 0 Å². The van der Waals surface area contributed by atoms with Crippen molar-refractivity contribution >= 4 is 28.4 Å². The Kier molecular flexibility index (Phi) is 6.95. The molecule has 0 saturated heterocycles. The Hall–Kier alpha value is -2.87. The summed E-state index contributed by atoms with van der Waals surface area (Å²) in [6.45, 7) is 1.56. The number of hydrogen-bond donors (Lipinski definition) is 2. The normalized spacial score (nSPS) is 12.7. The fraction of sp³-hybridized carbons (Fsp3) is 0.263. The Balaban J connectivity index is 2.05. The lowest BCUT2D eigenvalue weighted by Gasteiger charge is -2.14. The number of amides is 1. The van der Waals surface area contributed by atoms with Crippen molar-refractivity contribution < 1.29 is 28.4 Å². The molecule has 0 aliphatic carbocycles. The number of rotatable bonds is 8. The summed E-state index contributed by atoms with van der Waals surface area (Å²) >= 11 is 0. The number of benzene rings is 2. The molecule has 2 unspecified atom stereocenters. The van der Waals surface area contributed by atoms with E-state index in [1.54, 1.807) is 37.3 Å². The van der Waals surface area contributed by atoms with Crippen LogP contribution in [0.4, 0.5) is 5.69 Å². The van der Waals surface area contributed by atoms with Crippen LogP contribution in [0.25, 0.3) is 0 Å². The molecule has 8 heteroatoms. The first-order valence-electron chi connectivity index (χ1n) is 8.08. The second-order valence-electron chi connectivity index (χ2n) is 5.73. The van der Waals surface area contributed by atoms with Crippen LogP contribution in [0.15, 0.2) is 42.5 Å². The Morgan fingerprint density at radius 3 is 2.44 bits per heavy atom. The Morgan fingerprint density at radius 1 is 1.11 bits per heavy atom. The summed E-state index contributed by atoms with van der Waals surface area (Å²) in [7, 11) is 1.49. The second kappa shape index (κ2) is 9.18. The Morgan fingerprint density at radius 2 is 1.81 bits per heavy atom. The van der Waals surface area contributed by atoms with Gasteiger partial charge in [0, 0.05) is 28.3 Å². The molecular formula is C19H21NO6S. The van der Waals surface area contributed by atoms with Crippen molar-refractivity contribution in [3.8, 4) is 11.5 Å². The summed E-state index contributed by atoms with van der Waals surface area (Å²) in [4.78, 5) is 23.4. The molecule has 1 amide bonds. The molecule has 0 aliphatic heterocycles. The number of aromatic carboxylic acids is 1. The maximum absolute atomic E-state index is 12.5. The highest BCUT2D eigenvalue weighted by atomic mass is 32.2. The fourth-order valence-electron chi connectivity index (χ4n) is 2.36. The zero-order valence-corrected chi connectivity index (χ0v) is 16.0. The minimum absolute atomic E-state index is 0.0850. The van der Waals surface area contributed by atoms with Crippen LogP contribution in [0.1, 0.15) is 22.8 Å². The van der Waals surface area contributed by atoms with E-state index in [9.17, 15) is 13.8 Å². The van der Waals surface area contributed by atoms with Gasteiger partial charge in [0.1, 0.15) is 5.25 Å². The lowest BCUT2D eigenvalue weighted by molar-refractivity contribution is -0.115. The van der Waals surface area contributed by atoms with Gasteiger partial charge >= 0.3 is 5.97 Å². The molecule has 2 rings (SSSR count). The molecule has 0 aliphatic rings. The fourth-order valence-corrected chi connectivity index (χ4v) is 3.42. The summed E-state index contributed by atoms with van der Waals surface area (Å²) in [6, 6.07) is 11.1. The largest absolute Gasteiger partial charge is 0.493 e. The van der Waals surface area contributed by atoms with E-state index in [2.05, 4.69) is 5.32 Å². The topological polar surface area (TPSA) is 102 Å². The van der Waals surface area contributed by atoms with E-state index in [-0.39, 0.29) is 11.3 Å². The molecule has 2 atom stereocenters. The molecule has 0 fully saturated rings.